The summed E-state index contributed by atoms with van der Waals surface area (Å²) in [4.78, 5) is 14.0. The molecule has 0 aliphatic carbocycles. The molecule has 0 spiro atoms. The number of hydrogen-bond acceptors (Lipinski definition) is 4. The van der Waals surface area contributed by atoms with Crippen LogP contribution in [0.15, 0.2) is 24.3 Å². The molecular weight excluding hydrogens is 266 g/mol. The molecule has 0 aromatic heterocycles. The van der Waals surface area contributed by atoms with Gasteiger partial charge in [-0.3, -0.25) is 15.1 Å². The number of nitrogen functional groups attached to an aromatic ring is 1. The minimum atomic E-state index is -0.250. The van der Waals surface area contributed by atoms with Crippen molar-refractivity contribution in [1.29, 1.82) is 0 Å². The Hall–Kier alpha value is -1.43. The van der Waals surface area contributed by atoms with Crippen molar-refractivity contribution in [2.75, 3.05) is 19.7 Å². The molecule has 5 nitrogen and oxygen atoms in total. The van der Waals surface area contributed by atoms with E-state index >= 15 is 0 Å². The zero-order valence-electron chi connectivity index (χ0n) is 12.7. The topological polar surface area (TPSA) is 67.6 Å². The molecule has 1 fully saturated rings. The Morgan fingerprint density at radius 3 is 3.14 bits per heavy atom. The highest BCUT2D eigenvalue weighted by Crippen LogP contribution is 2.17. The van der Waals surface area contributed by atoms with Crippen molar-refractivity contribution in [3.05, 3.63) is 35.4 Å². The molecule has 1 saturated heterocycles. The van der Waals surface area contributed by atoms with Gasteiger partial charge in [-0.2, -0.15) is 0 Å². The van der Waals surface area contributed by atoms with E-state index in [1.54, 1.807) is 6.07 Å². The number of benzene rings is 1. The third-order valence-corrected chi connectivity index (χ3v) is 3.75. The Kier molecular flexibility index (Phi) is 6.17. The van der Waals surface area contributed by atoms with Gasteiger partial charge in [0.05, 0.1) is 6.10 Å². The van der Waals surface area contributed by atoms with Crippen LogP contribution >= 0.6 is 0 Å². The molecule has 1 aliphatic rings. The first-order valence-corrected chi connectivity index (χ1v) is 7.66. The van der Waals surface area contributed by atoms with Gasteiger partial charge < -0.3 is 4.74 Å². The number of carbonyl (C=O) groups excluding carboxylic acids is 1. The summed E-state index contributed by atoms with van der Waals surface area (Å²) < 4.78 is 5.86. The molecule has 0 bridgehead atoms. The first kappa shape index (κ1) is 15.9. The van der Waals surface area contributed by atoms with Gasteiger partial charge in [-0.25, -0.2) is 5.84 Å². The number of hydrogen-bond donors (Lipinski definition) is 2. The van der Waals surface area contributed by atoms with Crippen LogP contribution in [0.3, 0.4) is 0 Å². The van der Waals surface area contributed by atoms with E-state index in [1.165, 1.54) is 0 Å². The molecule has 1 amide bonds. The number of nitrogens with zero attached hydrogens (tertiary/aromatic N) is 1. The zero-order chi connectivity index (χ0) is 15.1. The number of likely N-dealkylation sites (tertiary alicyclic amines) is 1. The van der Waals surface area contributed by atoms with Crippen molar-refractivity contribution in [2.24, 2.45) is 5.84 Å². The van der Waals surface area contributed by atoms with Crippen LogP contribution in [-0.2, 0) is 11.3 Å². The standard InChI is InChI=1S/C16H25N3O2/c1-2-9-21-15-7-4-8-19(12-15)11-13-5-3-6-14(10-13)16(20)18-17/h3,5-6,10,15H,2,4,7-9,11-12,17H2,1H3,(H,18,20). The second-order valence-electron chi connectivity index (χ2n) is 5.54. The van der Waals surface area contributed by atoms with E-state index in [4.69, 9.17) is 10.6 Å². The Morgan fingerprint density at radius 2 is 2.38 bits per heavy atom. The van der Waals surface area contributed by atoms with Crippen LogP contribution in [0.4, 0.5) is 0 Å². The highest BCUT2D eigenvalue weighted by atomic mass is 16.5. The van der Waals surface area contributed by atoms with Crippen molar-refractivity contribution >= 4 is 5.91 Å². The Morgan fingerprint density at radius 1 is 1.52 bits per heavy atom. The summed E-state index contributed by atoms with van der Waals surface area (Å²) in [6, 6.07) is 7.62. The van der Waals surface area contributed by atoms with E-state index in [0.29, 0.717) is 11.7 Å². The molecule has 1 atom stereocenters. The molecule has 1 aromatic carbocycles. The lowest BCUT2D eigenvalue weighted by Gasteiger charge is -2.32. The minimum Gasteiger partial charge on any atom is -0.377 e. The van der Waals surface area contributed by atoms with Crippen molar-refractivity contribution in [3.63, 3.8) is 0 Å². The number of carbonyl (C=O) groups is 1. The van der Waals surface area contributed by atoms with Crippen LogP contribution in [0.2, 0.25) is 0 Å². The molecule has 3 N–H and O–H groups in total. The summed E-state index contributed by atoms with van der Waals surface area (Å²) in [6.45, 7) is 5.86. The van der Waals surface area contributed by atoms with Gasteiger partial charge in [0.25, 0.3) is 5.91 Å². The Labute approximate surface area is 126 Å². The predicted octanol–water partition coefficient (Wildman–Crippen LogP) is 1.68. The van der Waals surface area contributed by atoms with E-state index in [2.05, 4.69) is 17.2 Å². The van der Waals surface area contributed by atoms with Gasteiger partial charge in [-0.15, -0.1) is 0 Å². The summed E-state index contributed by atoms with van der Waals surface area (Å²) in [6.07, 6.45) is 3.71. The number of amides is 1. The first-order chi connectivity index (χ1) is 10.2. The lowest BCUT2D eigenvalue weighted by molar-refractivity contribution is -0.00223. The average Bonchev–Trinajstić information content (AvgIpc) is 2.53. The number of piperidine rings is 1. The van der Waals surface area contributed by atoms with Crippen LogP contribution in [0.5, 0.6) is 0 Å². The van der Waals surface area contributed by atoms with Crippen LogP contribution in [0.1, 0.15) is 42.1 Å². The van der Waals surface area contributed by atoms with Gasteiger partial charge in [0, 0.05) is 25.3 Å². The maximum absolute atomic E-state index is 11.6. The summed E-state index contributed by atoms with van der Waals surface area (Å²) >= 11 is 0. The number of nitrogens with two attached hydrogens (primary N) is 1. The molecule has 0 saturated carbocycles. The second kappa shape index (κ2) is 8.12. The maximum Gasteiger partial charge on any atom is 0.265 e. The van der Waals surface area contributed by atoms with E-state index in [1.807, 2.05) is 18.2 Å². The molecular formula is C16H25N3O2. The van der Waals surface area contributed by atoms with Crippen molar-refractivity contribution in [2.45, 2.75) is 38.8 Å². The van der Waals surface area contributed by atoms with E-state index in [0.717, 1.165) is 51.1 Å². The van der Waals surface area contributed by atoms with Gasteiger partial charge >= 0.3 is 0 Å². The highest BCUT2D eigenvalue weighted by Gasteiger charge is 2.20. The lowest BCUT2D eigenvalue weighted by atomic mass is 10.1. The van der Waals surface area contributed by atoms with Gasteiger partial charge in [0.1, 0.15) is 0 Å². The second-order valence-corrected chi connectivity index (χ2v) is 5.54. The maximum atomic E-state index is 11.6. The molecule has 21 heavy (non-hydrogen) atoms. The molecule has 1 heterocycles. The SMILES string of the molecule is CCCOC1CCCN(Cc2cccc(C(=O)NN)c2)C1. The Balaban J connectivity index is 1.93. The smallest absolute Gasteiger partial charge is 0.265 e. The molecule has 1 aliphatic heterocycles. The van der Waals surface area contributed by atoms with Gasteiger partial charge in [0.2, 0.25) is 0 Å². The average molecular weight is 291 g/mol. The number of rotatable bonds is 6. The number of ether oxygens (including phenoxy) is 1. The summed E-state index contributed by atoms with van der Waals surface area (Å²) in [5.41, 5.74) is 3.90. The van der Waals surface area contributed by atoms with Crippen LogP contribution in [0.25, 0.3) is 0 Å². The molecule has 1 unspecified atom stereocenters. The summed E-state index contributed by atoms with van der Waals surface area (Å²) in [5, 5.41) is 0. The quantitative estimate of drug-likeness (QED) is 0.475. The molecule has 0 radical (unpaired) electrons. The monoisotopic (exact) mass is 291 g/mol. The third kappa shape index (κ3) is 4.81. The third-order valence-electron chi connectivity index (χ3n) is 3.75. The lowest BCUT2D eigenvalue weighted by Crippen LogP contribution is -2.39. The highest BCUT2D eigenvalue weighted by molar-refractivity contribution is 5.93. The van der Waals surface area contributed by atoms with Crippen molar-refractivity contribution in [1.82, 2.24) is 10.3 Å². The van der Waals surface area contributed by atoms with Crippen molar-refractivity contribution in [3.8, 4) is 0 Å². The van der Waals surface area contributed by atoms with E-state index < -0.39 is 0 Å². The summed E-state index contributed by atoms with van der Waals surface area (Å²) in [7, 11) is 0. The van der Waals surface area contributed by atoms with Crippen LogP contribution in [0, 0.1) is 0 Å². The molecule has 5 heteroatoms. The number of hydrazine groups is 1. The fourth-order valence-electron chi connectivity index (χ4n) is 2.73. The largest absolute Gasteiger partial charge is 0.377 e. The molecule has 1 aromatic rings. The number of nitrogens with one attached hydrogen (secondary N) is 1. The molecule has 2 rings (SSSR count). The van der Waals surface area contributed by atoms with Gasteiger partial charge in [-0.05, 0) is 43.5 Å². The first-order valence-electron chi connectivity index (χ1n) is 7.66. The molecule has 116 valence electrons. The zero-order valence-corrected chi connectivity index (χ0v) is 12.7. The predicted molar refractivity (Wildman–Crippen MR) is 82.6 cm³/mol. The van der Waals surface area contributed by atoms with E-state index in [-0.39, 0.29) is 5.91 Å². The Bertz CT molecular complexity index is 465. The minimum absolute atomic E-state index is 0.250. The fourth-order valence-corrected chi connectivity index (χ4v) is 2.73. The normalized spacial score (nSPS) is 19.4. The fraction of sp³-hybridized carbons (Fsp3) is 0.562. The van der Waals surface area contributed by atoms with Gasteiger partial charge in [-0.1, -0.05) is 19.1 Å². The van der Waals surface area contributed by atoms with Crippen molar-refractivity contribution < 1.29 is 9.53 Å². The van der Waals surface area contributed by atoms with Crippen LogP contribution in [-0.4, -0.2) is 36.6 Å². The van der Waals surface area contributed by atoms with Crippen LogP contribution < -0.4 is 11.3 Å². The summed E-state index contributed by atoms with van der Waals surface area (Å²) in [5.74, 6) is 4.93. The van der Waals surface area contributed by atoms with Gasteiger partial charge in [0.15, 0.2) is 0 Å². The van der Waals surface area contributed by atoms with E-state index in [9.17, 15) is 4.79 Å².